The molecule has 134 valence electrons. The van der Waals surface area contributed by atoms with Crippen molar-refractivity contribution in [3.63, 3.8) is 0 Å². The zero-order valence-electron chi connectivity index (χ0n) is 14.1. The maximum atomic E-state index is 12.2. The van der Waals surface area contributed by atoms with Crippen LogP contribution in [0.1, 0.15) is 11.1 Å². The second kappa shape index (κ2) is 7.82. The van der Waals surface area contributed by atoms with Crippen LogP contribution in [0, 0.1) is 25.2 Å². The second-order valence-corrected chi connectivity index (χ2v) is 7.01. The number of amides is 1. The molecule has 0 aromatic heterocycles. The Bertz CT molecular complexity index is 1000. The fourth-order valence-corrected chi connectivity index (χ4v) is 2.58. The van der Waals surface area contributed by atoms with Crippen molar-refractivity contribution in [2.75, 3.05) is 10.6 Å². The van der Waals surface area contributed by atoms with E-state index in [9.17, 15) is 18.5 Å². The number of hydrogen-bond donors (Lipinski definition) is 3. The topological polar surface area (TPSA) is 119 Å². The summed E-state index contributed by atoms with van der Waals surface area (Å²) in [5.41, 5.74) is 2.92. The Morgan fingerprint density at radius 1 is 1.15 bits per heavy atom. The molecule has 0 spiro atoms. The van der Waals surface area contributed by atoms with Crippen molar-refractivity contribution in [1.82, 2.24) is 0 Å². The van der Waals surface area contributed by atoms with Gasteiger partial charge < -0.3 is 10.6 Å². The van der Waals surface area contributed by atoms with Crippen LogP contribution < -0.4 is 10.6 Å². The number of aryl methyl sites for hydroxylation is 2. The first-order valence-electron chi connectivity index (χ1n) is 7.53. The molecule has 3 N–H and O–H groups in total. The minimum Gasteiger partial charge on any atom is -0.360 e. The lowest BCUT2D eigenvalue weighted by atomic mass is 10.1. The van der Waals surface area contributed by atoms with E-state index in [1.807, 2.05) is 38.1 Å². The number of benzene rings is 2. The molecule has 8 heteroatoms. The SMILES string of the molecule is Cc1ccc(C)c(N/C=C(/C#N)C(=O)Nc2ccc(S(=O)(=O)O)cc2)c1. The molecular weight excluding hydrogens is 354 g/mol. The molecule has 1 amide bonds. The van der Waals surface area contributed by atoms with E-state index in [4.69, 9.17) is 4.55 Å². The van der Waals surface area contributed by atoms with Crippen molar-refractivity contribution in [3.8, 4) is 6.07 Å². The number of carbonyl (C=O) groups excluding carboxylic acids is 1. The molecule has 0 fully saturated rings. The molecule has 2 aromatic rings. The highest BCUT2D eigenvalue weighted by Gasteiger charge is 2.12. The lowest BCUT2D eigenvalue weighted by Gasteiger charge is -2.08. The third-order valence-electron chi connectivity index (χ3n) is 3.54. The van der Waals surface area contributed by atoms with Gasteiger partial charge in [0.25, 0.3) is 16.0 Å². The lowest BCUT2D eigenvalue weighted by molar-refractivity contribution is -0.112. The number of nitrogens with zero attached hydrogens (tertiary/aromatic N) is 1. The molecule has 0 aliphatic carbocycles. The molecule has 0 aliphatic rings. The minimum atomic E-state index is -4.30. The van der Waals surface area contributed by atoms with Crippen LogP contribution in [0.5, 0.6) is 0 Å². The van der Waals surface area contributed by atoms with Crippen molar-refractivity contribution in [1.29, 1.82) is 5.26 Å². The van der Waals surface area contributed by atoms with Gasteiger partial charge in [0.2, 0.25) is 0 Å². The van der Waals surface area contributed by atoms with Crippen molar-refractivity contribution in [2.24, 2.45) is 0 Å². The van der Waals surface area contributed by atoms with E-state index in [1.165, 1.54) is 18.3 Å². The van der Waals surface area contributed by atoms with Gasteiger partial charge in [-0.25, -0.2) is 0 Å². The third kappa shape index (κ3) is 4.92. The van der Waals surface area contributed by atoms with Crippen molar-refractivity contribution < 1.29 is 17.8 Å². The maximum Gasteiger partial charge on any atom is 0.294 e. The van der Waals surface area contributed by atoms with Crippen LogP contribution in [0.4, 0.5) is 11.4 Å². The molecule has 0 saturated heterocycles. The van der Waals surface area contributed by atoms with Crippen LogP contribution in [-0.2, 0) is 14.9 Å². The fourth-order valence-electron chi connectivity index (χ4n) is 2.10. The van der Waals surface area contributed by atoms with E-state index in [0.29, 0.717) is 0 Å². The van der Waals surface area contributed by atoms with Crippen LogP contribution in [0.25, 0.3) is 0 Å². The zero-order valence-corrected chi connectivity index (χ0v) is 15.0. The number of anilines is 2. The summed E-state index contributed by atoms with van der Waals surface area (Å²) in [4.78, 5) is 11.9. The molecule has 0 atom stereocenters. The first kappa shape index (κ1) is 19.2. The molecule has 0 saturated carbocycles. The number of carbonyl (C=O) groups is 1. The normalized spacial score (nSPS) is 11.5. The Labute approximate surface area is 151 Å². The molecule has 0 aliphatic heterocycles. The molecular formula is C18H17N3O4S. The van der Waals surface area contributed by atoms with E-state index < -0.39 is 16.0 Å². The first-order valence-corrected chi connectivity index (χ1v) is 8.97. The molecule has 0 unspecified atom stereocenters. The second-order valence-electron chi connectivity index (χ2n) is 5.59. The van der Waals surface area contributed by atoms with Gasteiger partial charge >= 0.3 is 0 Å². The summed E-state index contributed by atoms with van der Waals surface area (Å²) in [6.07, 6.45) is 1.31. The number of hydrogen-bond acceptors (Lipinski definition) is 5. The number of nitriles is 1. The summed E-state index contributed by atoms with van der Waals surface area (Å²) in [5, 5.41) is 14.6. The Hall–Kier alpha value is -3.15. The summed E-state index contributed by atoms with van der Waals surface area (Å²) in [5.74, 6) is -0.648. The Balaban J connectivity index is 2.13. The van der Waals surface area contributed by atoms with Gasteiger partial charge in [-0.1, -0.05) is 12.1 Å². The first-order chi connectivity index (χ1) is 12.2. The van der Waals surface area contributed by atoms with E-state index >= 15 is 0 Å². The predicted molar refractivity (Wildman–Crippen MR) is 98.1 cm³/mol. The largest absolute Gasteiger partial charge is 0.360 e. The van der Waals surface area contributed by atoms with Crippen molar-refractivity contribution in [2.45, 2.75) is 18.7 Å². The molecule has 0 heterocycles. The summed E-state index contributed by atoms with van der Waals surface area (Å²) < 4.78 is 30.9. The van der Waals surface area contributed by atoms with Crippen LogP contribution in [0.2, 0.25) is 0 Å². The third-order valence-corrected chi connectivity index (χ3v) is 4.41. The zero-order chi connectivity index (χ0) is 19.3. The quantitative estimate of drug-likeness (QED) is 0.422. The molecule has 7 nitrogen and oxygen atoms in total. The van der Waals surface area contributed by atoms with Gasteiger partial charge in [0.15, 0.2) is 0 Å². The van der Waals surface area contributed by atoms with Crippen LogP contribution in [-0.4, -0.2) is 18.9 Å². The fraction of sp³-hybridized carbons (Fsp3) is 0.111. The molecule has 2 rings (SSSR count). The van der Waals surface area contributed by atoms with Gasteiger partial charge in [0.1, 0.15) is 11.6 Å². The van der Waals surface area contributed by atoms with E-state index in [-0.39, 0.29) is 16.2 Å². The average molecular weight is 371 g/mol. The monoisotopic (exact) mass is 371 g/mol. The van der Waals surface area contributed by atoms with E-state index in [2.05, 4.69) is 10.6 Å². The smallest absolute Gasteiger partial charge is 0.294 e. The number of rotatable bonds is 5. The summed E-state index contributed by atoms with van der Waals surface area (Å²) in [6, 6.07) is 12.5. The van der Waals surface area contributed by atoms with E-state index in [0.717, 1.165) is 28.9 Å². The van der Waals surface area contributed by atoms with Crippen LogP contribution >= 0.6 is 0 Å². The standard InChI is InChI=1S/C18H17N3O4S/c1-12-3-4-13(2)17(9-12)20-11-14(10-19)18(22)21-15-5-7-16(8-6-15)26(23,24)25/h3-9,11,20H,1-2H3,(H,21,22)(H,23,24,25)/b14-11-. The Morgan fingerprint density at radius 2 is 1.81 bits per heavy atom. The van der Waals surface area contributed by atoms with Gasteiger partial charge in [-0.05, 0) is 55.3 Å². The Kier molecular flexibility index (Phi) is 5.77. The van der Waals surface area contributed by atoms with Crippen LogP contribution in [0.3, 0.4) is 0 Å². The van der Waals surface area contributed by atoms with Crippen molar-refractivity contribution >= 4 is 27.4 Å². The van der Waals surface area contributed by atoms with Gasteiger partial charge in [0.05, 0.1) is 4.90 Å². The summed E-state index contributed by atoms with van der Waals surface area (Å²) >= 11 is 0. The van der Waals surface area contributed by atoms with Gasteiger partial charge in [-0.2, -0.15) is 13.7 Å². The minimum absolute atomic E-state index is 0.148. The average Bonchev–Trinajstić information content (AvgIpc) is 2.58. The van der Waals surface area contributed by atoms with E-state index in [1.54, 1.807) is 0 Å². The summed E-state index contributed by atoms with van der Waals surface area (Å²) in [6.45, 7) is 3.83. The molecule has 0 radical (unpaired) electrons. The Morgan fingerprint density at radius 3 is 2.38 bits per heavy atom. The van der Waals surface area contributed by atoms with Gasteiger partial charge in [0, 0.05) is 17.6 Å². The van der Waals surface area contributed by atoms with Crippen LogP contribution in [0.15, 0.2) is 59.1 Å². The highest BCUT2D eigenvalue weighted by atomic mass is 32.2. The van der Waals surface area contributed by atoms with Gasteiger partial charge in [-0.15, -0.1) is 0 Å². The van der Waals surface area contributed by atoms with Gasteiger partial charge in [-0.3, -0.25) is 9.35 Å². The predicted octanol–water partition coefficient (Wildman–Crippen LogP) is 3.01. The molecule has 26 heavy (non-hydrogen) atoms. The molecule has 2 aromatic carbocycles. The van der Waals surface area contributed by atoms with Crippen molar-refractivity contribution in [3.05, 3.63) is 65.4 Å². The number of nitrogens with one attached hydrogen (secondary N) is 2. The lowest BCUT2D eigenvalue weighted by Crippen LogP contribution is -2.14. The maximum absolute atomic E-state index is 12.2. The highest BCUT2D eigenvalue weighted by Crippen LogP contribution is 2.17. The molecule has 0 bridgehead atoms. The highest BCUT2D eigenvalue weighted by molar-refractivity contribution is 7.85. The summed E-state index contributed by atoms with van der Waals surface area (Å²) in [7, 11) is -4.30.